The summed E-state index contributed by atoms with van der Waals surface area (Å²) in [5.74, 6) is 4.38. The second-order valence-corrected chi connectivity index (χ2v) is 4.61. The van der Waals surface area contributed by atoms with E-state index in [1.165, 1.54) is 7.11 Å². The van der Waals surface area contributed by atoms with Crippen molar-refractivity contribution in [1.29, 1.82) is 0 Å². The van der Waals surface area contributed by atoms with Crippen LogP contribution >= 0.6 is 0 Å². The molecule has 0 spiro atoms. The van der Waals surface area contributed by atoms with Gasteiger partial charge in [0.2, 0.25) is 0 Å². The lowest BCUT2D eigenvalue weighted by Gasteiger charge is -2.20. The predicted molar refractivity (Wildman–Crippen MR) is 71.1 cm³/mol. The van der Waals surface area contributed by atoms with Crippen molar-refractivity contribution in [2.24, 2.45) is 0 Å². The number of halogens is 1. The zero-order valence-corrected chi connectivity index (χ0v) is 11.6. The van der Waals surface area contributed by atoms with Crippen LogP contribution in [-0.2, 0) is 9.47 Å². The molecule has 21 heavy (non-hydrogen) atoms. The molecule has 1 saturated heterocycles. The zero-order chi connectivity index (χ0) is 15.6. The highest BCUT2D eigenvalue weighted by atomic mass is 19.1. The summed E-state index contributed by atoms with van der Waals surface area (Å²) in [5.41, 5.74) is -0.550. The number of hydrogen-bond acceptors (Lipinski definition) is 5. The number of aromatic nitrogens is 1. The van der Waals surface area contributed by atoms with Gasteiger partial charge in [-0.3, -0.25) is 4.79 Å². The average Bonchev–Trinajstić information content (AvgIpc) is 2.74. The molecule has 114 valence electrons. The highest BCUT2D eigenvalue weighted by Gasteiger charge is 2.46. The molecule has 1 aromatic rings. The molecule has 1 aromatic heterocycles. The van der Waals surface area contributed by atoms with Gasteiger partial charge < -0.3 is 24.7 Å². The van der Waals surface area contributed by atoms with E-state index in [1.54, 1.807) is 6.92 Å². The molecule has 4 atom stereocenters. The molecule has 1 fully saturated rings. The van der Waals surface area contributed by atoms with E-state index in [0.717, 1.165) is 6.07 Å². The van der Waals surface area contributed by atoms with Gasteiger partial charge in [-0.15, -0.1) is 0 Å². The van der Waals surface area contributed by atoms with Crippen molar-refractivity contribution >= 4 is 0 Å². The molecule has 2 rings (SSSR count). The third kappa shape index (κ3) is 2.84. The van der Waals surface area contributed by atoms with Crippen LogP contribution in [-0.4, -0.2) is 47.2 Å². The van der Waals surface area contributed by atoms with Gasteiger partial charge in [0, 0.05) is 13.2 Å². The first-order chi connectivity index (χ1) is 10.0. The van der Waals surface area contributed by atoms with E-state index < -0.39 is 42.4 Å². The average molecular weight is 297 g/mol. The number of pyridine rings is 1. The van der Waals surface area contributed by atoms with Crippen molar-refractivity contribution in [3.05, 3.63) is 33.5 Å². The van der Waals surface area contributed by atoms with Crippen LogP contribution in [0.5, 0.6) is 0 Å². The summed E-state index contributed by atoms with van der Waals surface area (Å²) in [4.78, 5) is 13.8. The number of hydrogen-bond donors (Lipinski definition) is 3. The second-order valence-electron chi connectivity index (χ2n) is 4.61. The Hall–Kier alpha value is -1.72. The molecule has 0 aromatic carbocycles. The van der Waals surface area contributed by atoms with E-state index in [1.807, 2.05) is 0 Å². The van der Waals surface area contributed by atoms with Gasteiger partial charge in [0.15, 0.2) is 0 Å². The summed E-state index contributed by atoms with van der Waals surface area (Å²) >= 11 is 0. The van der Waals surface area contributed by atoms with E-state index in [9.17, 15) is 19.4 Å². The molecule has 6 nitrogen and oxygen atoms in total. The third-order valence-corrected chi connectivity index (χ3v) is 3.36. The Morgan fingerprint density at radius 3 is 2.86 bits per heavy atom. The van der Waals surface area contributed by atoms with Gasteiger partial charge in [0.1, 0.15) is 35.9 Å². The first-order valence-electron chi connectivity index (χ1n) is 6.36. The van der Waals surface area contributed by atoms with E-state index in [2.05, 4.69) is 16.8 Å². The predicted octanol–water partition coefficient (Wildman–Crippen LogP) is -0.307. The van der Waals surface area contributed by atoms with Crippen LogP contribution in [0.15, 0.2) is 10.9 Å². The Labute approximate surface area is 120 Å². The van der Waals surface area contributed by atoms with Crippen molar-refractivity contribution in [2.45, 2.75) is 31.3 Å². The molecule has 0 radical (unpaired) electrons. The SMILES string of the molecule is CC#Cc1[nH]c(=O)cc(F)c1[C@@H]1O[C@H](CO)C(O)C1OC. The van der Waals surface area contributed by atoms with Crippen molar-refractivity contribution in [2.75, 3.05) is 13.7 Å². The van der Waals surface area contributed by atoms with Gasteiger partial charge in [-0.2, -0.15) is 0 Å². The molecule has 0 bridgehead atoms. The summed E-state index contributed by atoms with van der Waals surface area (Å²) in [5, 5.41) is 19.2. The fraction of sp³-hybridized carbons (Fsp3) is 0.500. The van der Waals surface area contributed by atoms with Crippen molar-refractivity contribution in [3.8, 4) is 11.8 Å². The largest absolute Gasteiger partial charge is 0.394 e. The van der Waals surface area contributed by atoms with Gasteiger partial charge in [-0.1, -0.05) is 5.92 Å². The van der Waals surface area contributed by atoms with Crippen LogP contribution in [0.1, 0.15) is 24.3 Å². The maximum absolute atomic E-state index is 14.2. The molecule has 2 heterocycles. The number of nitrogens with one attached hydrogen (secondary N) is 1. The Bertz CT molecular complexity index is 632. The monoisotopic (exact) mass is 297 g/mol. The number of ether oxygens (including phenoxy) is 2. The number of aliphatic hydroxyl groups is 2. The quantitative estimate of drug-likeness (QED) is 0.666. The first kappa shape index (κ1) is 15.7. The fourth-order valence-electron chi connectivity index (χ4n) is 2.42. The van der Waals surface area contributed by atoms with Crippen LogP contribution in [0.4, 0.5) is 4.39 Å². The fourth-order valence-corrected chi connectivity index (χ4v) is 2.42. The lowest BCUT2D eigenvalue weighted by Crippen LogP contribution is -2.34. The number of aliphatic hydroxyl groups excluding tert-OH is 2. The summed E-state index contributed by atoms with van der Waals surface area (Å²) in [7, 11) is 1.35. The van der Waals surface area contributed by atoms with Gasteiger partial charge in [0.25, 0.3) is 5.56 Å². The molecular formula is C14H16FNO5. The first-order valence-corrected chi connectivity index (χ1v) is 6.36. The maximum Gasteiger partial charge on any atom is 0.251 e. The van der Waals surface area contributed by atoms with Crippen LogP contribution in [0, 0.1) is 17.7 Å². The van der Waals surface area contributed by atoms with E-state index >= 15 is 0 Å². The molecule has 2 unspecified atom stereocenters. The van der Waals surface area contributed by atoms with Crippen molar-refractivity contribution in [3.63, 3.8) is 0 Å². The van der Waals surface area contributed by atoms with Crippen LogP contribution in [0.2, 0.25) is 0 Å². The molecule has 1 aliphatic rings. The summed E-state index contributed by atoms with van der Waals surface area (Å²) in [6.07, 6.45) is -3.86. The standard InChI is InChI=1S/C14H16FNO5/c1-3-4-8-11(7(15)5-10(18)16-8)13-14(20-2)12(19)9(6-17)21-13/h5,9,12-14,17,19H,6H2,1-2H3,(H,16,18)/t9-,12?,13+,14?/m1/s1. The highest BCUT2D eigenvalue weighted by molar-refractivity contribution is 5.38. The van der Waals surface area contributed by atoms with E-state index in [0.29, 0.717) is 0 Å². The summed E-state index contributed by atoms with van der Waals surface area (Å²) < 4.78 is 24.8. The minimum absolute atomic E-state index is 0.00537. The molecule has 0 saturated carbocycles. The second kappa shape index (κ2) is 6.37. The van der Waals surface area contributed by atoms with Crippen LogP contribution < -0.4 is 5.56 Å². The van der Waals surface area contributed by atoms with Gasteiger partial charge in [-0.25, -0.2) is 4.39 Å². The summed E-state index contributed by atoms with van der Waals surface area (Å²) in [6.45, 7) is 1.11. The van der Waals surface area contributed by atoms with Gasteiger partial charge in [-0.05, 0) is 12.8 Å². The number of aromatic amines is 1. The minimum Gasteiger partial charge on any atom is -0.394 e. The van der Waals surface area contributed by atoms with Crippen molar-refractivity contribution in [1.82, 2.24) is 4.98 Å². The molecular weight excluding hydrogens is 281 g/mol. The Morgan fingerprint density at radius 2 is 2.29 bits per heavy atom. The highest BCUT2D eigenvalue weighted by Crippen LogP contribution is 2.37. The minimum atomic E-state index is -1.11. The normalized spacial score (nSPS) is 28.2. The van der Waals surface area contributed by atoms with Gasteiger partial charge >= 0.3 is 0 Å². The summed E-state index contributed by atoms with van der Waals surface area (Å²) in [6, 6.07) is 0.783. The smallest absolute Gasteiger partial charge is 0.251 e. The van der Waals surface area contributed by atoms with Crippen molar-refractivity contribution < 1.29 is 24.1 Å². The molecule has 3 N–H and O–H groups in total. The Balaban J connectivity index is 2.54. The maximum atomic E-state index is 14.2. The number of methoxy groups -OCH3 is 1. The molecule has 1 aliphatic heterocycles. The van der Waals surface area contributed by atoms with Crippen LogP contribution in [0.3, 0.4) is 0 Å². The lowest BCUT2D eigenvalue weighted by molar-refractivity contribution is -0.0248. The topological polar surface area (TPSA) is 91.8 Å². The third-order valence-electron chi connectivity index (χ3n) is 3.36. The Kier molecular flexibility index (Phi) is 4.75. The van der Waals surface area contributed by atoms with Crippen LogP contribution in [0.25, 0.3) is 0 Å². The van der Waals surface area contributed by atoms with E-state index in [4.69, 9.17) is 9.47 Å². The lowest BCUT2D eigenvalue weighted by atomic mass is 9.99. The molecule has 0 amide bonds. The Morgan fingerprint density at radius 1 is 1.57 bits per heavy atom. The number of rotatable bonds is 3. The van der Waals surface area contributed by atoms with Gasteiger partial charge in [0.05, 0.1) is 12.2 Å². The number of H-pyrrole nitrogens is 1. The zero-order valence-electron chi connectivity index (χ0n) is 11.6. The van der Waals surface area contributed by atoms with E-state index in [-0.39, 0.29) is 11.3 Å². The molecule has 7 heteroatoms. The molecule has 0 aliphatic carbocycles.